The Kier molecular flexibility index (Phi) is 4.30. The highest BCUT2D eigenvalue weighted by molar-refractivity contribution is 6.21. The minimum Gasteiger partial charge on any atom is -0.294 e. The lowest BCUT2D eigenvalue weighted by Crippen LogP contribution is -1.98. The SMILES string of the molecule is c1ccc(-c2ccnc(-n3c4ccccc4c4cc5c(cc43)c3ccccc3n3c4ccccc4nc53)c2)cc1. The average molecular weight is 511 g/mol. The number of imidazole rings is 1. The second-order valence-corrected chi connectivity index (χ2v) is 10.3. The molecule has 0 saturated heterocycles. The smallest absolute Gasteiger partial charge is 0.146 e. The molecule has 4 heteroatoms. The fraction of sp³-hybridized carbons (Fsp3) is 0. The van der Waals surface area contributed by atoms with E-state index >= 15 is 0 Å². The predicted molar refractivity (Wildman–Crippen MR) is 165 cm³/mol. The Hall–Kier alpha value is -5.48. The standard InChI is InChI=1S/C36H22N4/c1-2-10-23(11-3-1)24-18-19-37-35(20-24)39-31-15-7-5-13-26(31)28-21-29-27(22-34(28)39)25-12-4-8-16-32(25)40-33-17-9-6-14-30(33)38-36(29)40/h1-22H. The van der Waals surface area contributed by atoms with Gasteiger partial charge in [-0.3, -0.25) is 8.97 Å². The molecule has 0 fully saturated rings. The molecule has 5 aromatic carbocycles. The van der Waals surface area contributed by atoms with Crippen LogP contribution in [0.15, 0.2) is 134 Å². The van der Waals surface area contributed by atoms with Crippen molar-refractivity contribution in [2.45, 2.75) is 0 Å². The first-order valence-electron chi connectivity index (χ1n) is 13.5. The van der Waals surface area contributed by atoms with Crippen LogP contribution in [0.3, 0.4) is 0 Å². The van der Waals surface area contributed by atoms with E-state index in [4.69, 9.17) is 9.97 Å². The van der Waals surface area contributed by atoms with E-state index in [1.54, 1.807) is 0 Å². The second kappa shape index (κ2) is 8.01. The summed E-state index contributed by atoms with van der Waals surface area (Å²) in [6, 6.07) is 45.1. The van der Waals surface area contributed by atoms with Crippen molar-refractivity contribution in [2.24, 2.45) is 0 Å². The molecule has 0 radical (unpaired) electrons. The van der Waals surface area contributed by atoms with Gasteiger partial charge in [0, 0.05) is 27.7 Å². The summed E-state index contributed by atoms with van der Waals surface area (Å²) < 4.78 is 4.61. The summed E-state index contributed by atoms with van der Waals surface area (Å²) in [6.45, 7) is 0. The molecule has 0 saturated carbocycles. The number of hydrogen-bond donors (Lipinski definition) is 0. The fourth-order valence-corrected chi connectivity index (χ4v) is 6.37. The Morgan fingerprint density at radius 2 is 1.15 bits per heavy atom. The number of hydrogen-bond acceptors (Lipinski definition) is 2. The largest absolute Gasteiger partial charge is 0.294 e. The van der Waals surface area contributed by atoms with Crippen molar-refractivity contribution in [3.63, 3.8) is 0 Å². The maximum Gasteiger partial charge on any atom is 0.146 e. The molecule has 0 aliphatic carbocycles. The minimum atomic E-state index is 0.906. The lowest BCUT2D eigenvalue weighted by molar-refractivity contribution is 1.08. The van der Waals surface area contributed by atoms with E-state index in [1.807, 2.05) is 12.3 Å². The highest BCUT2D eigenvalue weighted by atomic mass is 15.1. The van der Waals surface area contributed by atoms with E-state index in [9.17, 15) is 0 Å². The summed E-state index contributed by atoms with van der Waals surface area (Å²) in [5.74, 6) is 0.906. The van der Waals surface area contributed by atoms with Crippen LogP contribution in [0.2, 0.25) is 0 Å². The molecule has 0 atom stereocenters. The normalized spacial score (nSPS) is 12.0. The van der Waals surface area contributed by atoms with Crippen LogP contribution in [-0.2, 0) is 0 Å². The van der Waals surface area contributed by atoms with Gasteiger partial charge < -0.3 is 0 Å². The molecule has 9 aromatic rings. The van der Waals surface area contributed by atoms with Crippen molar-refractivity contribution < 1.29 is 0 Å². The van der Waals surface area contributed by atoms with Crippen molar-refractivity contribution in [2.75, 3.05) is 0 Å². The third-order valence-corrected chi connectivity index (χ3v) is 8.13. The summed E-state index contributed by atoms with van der Waals surface area (Å²) in [6.07, 6.45) is 1.91. The van der Waals surface area contributed by atoms with Crippen LogP contribution in [0, 0.1) is 0 Å². The molecule has 186 valence electrons. The van der Waals surface area contributed by atoms with Crippen LogP contribution in [0.5, 0.6) is 0 Å². The molecule has 0 N–H and O–H groups in total. The molecule has 0 spiro atoms. The number of para-hydroxylation sites is 4. The summed E-state index contributed by atoms with van der Waals surface area (Å²) >= 11 is 0. The maximum absolute atomic E-state index is 5.13. The average Bonchev–Trinajstić information content (AvgIpc) is 3.57. The van der Waals surface area contributed by atoms with Crippen LogP contribution in [-0.4, -0.2) is 18.9 Å². The van der Waals surface area contributed by atoms with E-state index in [0.29, 0.717) is 0 Å². The topological polar surface area (TPSA) is 35.1 Å². The lowest BCUT2D eigenvalue weighted by Gasteiger charge is -2.12. The Morgan fingerprint density at radius 1 is 0.450 bits per heavy atom. The molecule has 0 unspecified atom stereocenters. The molecule has 40 heavy (non-hydrogen) atoms. The van der Waals surface area contributed by atoms with Crippen molar-refractivity contribution >= 4 is 60.2 Å². The molecule has 0 amide bonds. The van der Waals surface area contributed by atoms with E-state index in [0.717, 1.165) is 50.0 Å². The van der Waals surface area contributed by atoms with Gasteiger partial charge in [-0.1, -0.05) is 78.9 Å². The second-order valence-electron chi connectivity index (χ2n) is 10.3. The first-order valence-corrected chi connectivity index (χ1v) is 13.5. The molecule has 4 heterocycles. The highest BCUT2D eigenvalue weighted by Crippen LogP contribution is 2.39. The number of rotatable bonds is 2. The van der Waals surface area contributed by atoms with Gasteiger partial charge in [0.25, 0.3) is 0 Å². The van der Waals surface area contributed by atoms with Gasteiger partial charge in [0.2, 0.25) is 0 Å². The van der Waals surface area contributed by atoms with Gasteiger partial charge in [-0.25, -0.2) is 9.97 Å². The molecule has 9 rings (SSSR count). The van der Waals surface area contributed by atoms with Crippen LogP contribution >= 0.6 is 0 Å². The number of pyridine rings is 2. The Balaban J connectivity index is 1.45. The third kappa shape index (κ3) is 2.90. The summed E-state index contributed by atoms with van der Waals surface area (Å²) in [7, 11) is 0. The van der Waals surface area contributed by atoms with Crippen molar-refractivity contribution in [3.8, 4) is 16.9 Å². The fourth-order valence-electron chi connectivity index (χ4n) is 6.37. The van der Waals surface area contributed by atoms with Crippen molar-refractivity contribution in [3.05, 3.63) is 134 Å². The van der Waals surface area contributed by atoms with Gasteiger partial charge in [0.05, 0.1) is 27.6 Å². The number of nitrogens with zero attached hydrogens (tertiary/aromatic N) is 4. The van der Waals surface area contributed by atoms with Gasteiger partial charge in [0.15, 0.2) is 0 Å². The zero-order valence-corrected chi connectivity index (χ0v) is 21.5. The Labute approximate surface area is 229 Å². The molecular formula is C36H22N4. The Morgan fingerprint density at radius 3 is 2.00 bits per heavy atom. The minimum absolute atomic E-state index is 0.906. The molecule has 0 bridgehead atoms. The van der Waals surface area contributed by atoms with Crippen LogP contribution < -0.4 is 0 Å². The molecule has 0 aliphatic heterocycles. The number of fused-ring (bicyclic) bond motifs is 11. The molecule has 0 aliphatic rings. The van der Waals surface area contributed by atoms with Crippen LogP contribution in [0.25, 0.3) is 77.1 Å². The van der Waals surface area contributed by atoms with Gasteiger partial charge in [-0.15, -0.1) is 0 Å². The number of aromatic nitrogens is 4. The van der Waals surface area contributed by atoms with Crippen molar-refractivity contribution in [1.82, 2.24) is 18.9 Å². The first kappa shape index (κ1) is 21.5. The summed E-state index contributed by atoms with van der Waals surface area (Å²) in [4.78, 5) is 10.0. The van der Waals surface area contributed by atoms with E-state index in [1.165, 1.54) is 27.1 Å². The predicted octanol–water partition coefficient (Wildman–Crippen LogP) is 8.95. The van der Waals surface area contributed by atoms with E-state index in [2.05, 4.69) is 130 Å². The zero-order chi connectivity index (χ0) is 26.2. The van der Waals surface area contributed by atoms with Gasteiger partial charge in [-0.05, 0) is 65.0 Å². The van der Waals surface area contributed by atoms with Gasteiger partial charge in [-0.2, -0.15) is 0 Å². The summed E-state index contributed by atoms with van der Waals surface area (Å²) in [5.41, 5.74) is 8.87. The zero-order valence-electron chi connectivity index (χ0n) is 21.5. The monoisotopic (exact) mass is 510 g/mol. The quantitative estimate of drug-likeness (QED) is 0.218. The van der Waals surface area contributed by atoms with Crippen LogP contribution in [0.1, 0.15) is 0 Å². The van der Waals surface area contributed by atoms with Gasteiger partial charge >= 0.3 is 0 Å². The van der Waals surface area contributed by atoms with E-state index < -0.39 is 0 Å². The first-order chi connectivity index (χ1) is 19.8. The molecular weight excluding hydrogens is 488 g/mol. The van der Waals surface area contributed by atoms with E-state index in [-0.39, 0.29) is 0 Å². The maximum atomic E-state index is 5.13. The number of benzene rings is 5. The molecule has 4 nitrogen and oxygen atoms in total. The van der Waals surface area contributed by atoms with Crippen molar-refractivity contribution in [1.29, 1.82) is 0 Å². The Bertz CT molecular complexity index is 2430. The highest BCUT2D eigenvalue weighted by Gasteiger charge is 2.19. The van der Waals surface area contributed by atoms with Gasteiger partial charge in [0.1, 0.15) is 11.5 Å². The third-order valence-electron chi connectivity index (χ3n) is 8.13. The lowest BCUT2D eigenvalue weighted by atomic mass is 10.0. The molecule has 4 aromatic heterocycles. The summed E-state index contributed by atoms with van der Waals surface area (Å²) in [5, 5.41) is 5.94. The van der Waals surface area contributed by atoms with Crippen LogP contribution in [0.4, 0.5) is 0 Å².